The monoisotopic (exact) mass is 318 g/mol. The Morgan fingerprint density at radius 3 is 2.62 bits per heavy atom. The number of thiophene rings is 1. The lowest BCUT2D eigenvalue weighted by atomic mass is 10.0. The van der Waals surface area contributed by atoms with E-state index in [1.54, 1.807) is 11.3 Å². The van der Waals surface area contributed by atoms with Gasteiger partial charge < -0.3 is 5.32 Å². The standard InChI is InChI=1S/C16H18N2OS2/c1-6-11-12(8-20-13(11)7-2)15-14(9(3)4)18-16(21-15)17-10(5)19/h6-9H,1-2H2,3-5H3,(H,17,18,19). The minimum Gasteiger partial charge on any atom is -0.302 e. The van der Waals surface area contributed by atoms with Crippen LogP contribution in [0.15, 0.2) is 18.5 Å². The van der Waals surface area contributed by atoms with Crippen LogP contribution in [-0.4, -0.2) is 10.9 Å². The lowest BCUT2D eigenvalue weighted by Crippen LogP contribution is -2.05. The van der Waals surface area contributed by atoms with E-state index in [0.717, 1.165) is 26.6 Å². The molecule has 0 aromatic carbocycles. The van der Waals surface area contributed by atoms with Gasteiger partial charge in [0.25, 0.3) is 0 Å². The quantitative estimate of drug-likeness (QED) is 0.819. The van der Waals surface area contributed by atoms with Crippen LogP contribution in [-0.2, 0) is 4.79 Å². The maximum atomic E-state index is 11.2. The van der Waals surface area contributed by atoms with Crippen LogP contribution in [0.2, 0.25) is 0 Å². The van der Waals surface area contributed by atoms with Gasteiger partial charge in [0.15, 0.2) is 5.13 Å². The summed E-state index contributed by atoms with van der Waals surface area (Å²) in [5.41, 5.74) is 3.19. The van der Waals surface area contributed by atoms with Gasteiger partial charge in [0, 0.05) is 28.3 Å². The van der Waals surface area contributed by atoms with E-state index in [4.69, 9.17) is 0 Å². The van der Waals surface area contributed by atoms with E-state index < -0.39 is 0 Å². The molecule has 2 rings (SSSR count). The van der Waals surface area contributed by atoms with Crippen LogP contribution in [0, 0.1) is 0 Å². The van der Waals surface area contributed by atoms with Crippen LogP contribution in [0.1, 0.15) is 42.8 Å². The number of hydrogen-bond donors (Lipinski definition) is 1. The predicted molar refractivity (Wildman–Crippen MR) is 94.0 cm³/mol. The summed E-state index contributed by atoms with van der Waals surface area (Å²) in [4.78, 5) is 18.0. The summed E-state index contributed by atoms with van der Waals surface area (Å²) in [7, 11) is 0. The van der Waals surface area contributed by atoms with Crippen molar-refractivity contribution in [2.45, 2.75) is 26.7 Å². The summed E-state index contributed by atoms with van der Waals surface area (Å²) in [6, 6.07) is 0. The van der Waals surface area contributed by atoms with Crippen molar-refractivity contribution in [2.24, 2.45) is 0 Å². The van der Waals surface area contributed by atoms with Crippen molar-refractivity contribution in [2.75, 3.05) is 5.32 Å². The maximum Gasteiger partial charge on any atom is 0.223 e. The smallest absolute Gasteiger partial charge is 0.223 e. The van der Waals surface area contributed by atoms with Gasteiger partial charge in [-0.3, -0.25) is 4.79 Å². The minimum absolute atomic E-state index is 0.105. The van der Waals surface area contributed by atoms with Crippen LogP contribution in [0.3, 0.4) is 0 Å². The van der Waals surface area contributed by atoms with Crippen LogP contribution < -0.4 is 5.32 Å². The largest absolute Gasteiger partial charge is 0.302 e. The first-order chi connectivity index (χ1) is 9.97. The molecule has 2 aromatic rings. The number of amides is 1. The predicted octanol–water partition coefficient (Wildman–Crippen LogP) is 5.24. The second kappa shape index (κ2) is 6.37. The van der Waals surface area contributed by atoms with Gasteiger partial charge in [-0.2, -0.15) is 0 Å². The molecular formula is C16H18N2OS2. The van der Waals surface area contributed by atoms with E-state index in [0.29, 0.717) is 5.13 Å². The van der Waals surface area contributed by atoms with E-state index >= 15 is 0 Å². The molecule has 0 unspecified atom stereocenters. The number of carbonyl (C=O) groups excluding carboxylic acids is 1. The summed E-state index contributed by atoms with van der Waals surface area (Å²) in [6.07, 6.45) is 3.70. The van der Waals surface area contributed by atoms with Crippen molar-refractivity contribution in [1.29, 1.82) is 0 Å². The van der Waals surface area contributed by atoms with Crippen molar-refractivity contribution in [3.63, 3.8) is 0 Å². The van der Waals surface area contributed by atoms with E-state index in [-0.39, 0.29) is 11.8 Å². The fraction of sp³-hybridized carbons (Fsp3) is 0.250. The highest BCUT2D eigenvalue weighted by Crippen LogP contribution is 2.42. The molecule has 0 radical (unpaired) electrons. The van der Waals surface area contributed by atoms with Gasteiger partial charge in [0.1, 0.15) is 0 Å². The summed E-state index contributed by atoms with van der Waals surface area (Å²) in [5, 5.41) is 5.52. The third-order valence-corrected chi connectivity index (χ3v) is 4.99. The molecule has 110 valence electrons. The van der Waals surface area contributed by atoms with Crippen LogP contribution in [0.25, 0.3) is 22.6 Å². The molecule has 2 aromatic heterocycles. The first-order valence-electron chi connectivity index (χ1n) is 6.63. The molecule has 3 nitrogen and oxygen atoms in total. The Labute approximate surface area is 133 Å². The molecule has 0 saturated carbocycles. The average molecular weight is 318 g/mol. The molecule has 2 heterocycles. The van der Waals surface area contributed by atoms with Gasteiger partial charge in [-0.1, -0.05) is 50.5 Å². The van der Waals surface area contributed by atoms with Crippen LogP contribution in [0.5, 0.6) is 0 Å². The number of hydrogen-bond acceptors (Lipinski definition) is 4. The molecule has 1 N–H and O–H groups in total. The molecule has 5 heteroatoms. The summed E-state index contributed by atoms with van der Waals surface area (Å²) in [6.45, 7) is 13.4. The third-order valence-electron chi connectivity index (χ3n) is 2.98. The molecule has 21 heavy (non-hydrogen) atoms. The van der Waals surface area contributed by atoms with Gasteiger partial charge in [-0.15, -0.1) is 11.3 Å². The summed E-state index contributed by atoms with van der Waals surface area (Å²) < 4.78 is 0. The van der Waals surface area contributed by atoms with E-state index in [1.165, 1.54) is 18.3 Å². The molecule has 0 saturated heterocycles. The fourth-order valence-electron chi connectivity index (χ4n) is 2.05. The number of thiazole rings is 1. The molecule has 0 spiro atoms. The van der Waals surface area contributed by atoms with E-state index in [9.17, 15) is 4.79 Å². The Morgan fingerprint density at radius 2 is 2.10 bits per heavy atom. The molecule has 0 atom stereocenters. The van der Waals surface area contributed by atoms with Crippen LogP contribution in [0.4, 0.5) is 5.13 Å². The zero-order valence-electron chi connectivity index (χ0n) is 12.4. The molecule has 0 aliphatic heterocycles. The zero-order chi connectivity index (χ0) is 15.6. The highest BCUT2D eigenvalue weighted by Gasteiger charge is 2.20. The lowest BCUT2D eigenvalue weighted by Gasteiger charge is -2.05. The van der Waals surface area contributed by atoms with Crippen molar-refractivity contribution in [3.8, 4) is 10.4 Å². The van der Waals surface area contributed by atoms with E-state index in [1.807, 2.05) is 12.2 Å². The molecule has 0 aliphatic carbocycles. The highest BCUT2D eigenvalue weighted by molar-refractivity contribution is 7.19. The highest BCUT2D eigenvalue weighted by atomic mass is 32.1. The number of aromatic nitrogens is 1. The topological polar surface area (TPSA) is 42.0 Å². The first kappa shape index (κ1) is 15.7. The third kappa shape index (κ3) is 3.14. The SMILES string of the molecule is C=Cc1scc(-c2sc(NC(C)=O)nc2C(C)C)c1C=C. The molecular weight excluding hydrogens is 300 g/mol. The molecule has 0 bridgehead atoms. The number of carbonyl (C=O) groups is 1. The van der Waals surface area contributed by atoms with Crippen LogP contribution >= 0.6 is 22.7 Å². The number of nitrogens with one attached hydrogen (secondary N) is 1. The Hall–Kier alpha value is -1.72. The number of nitrogens with zero attached hydrogens (tertiary/aromatic N) is 1. The Bertz CT molecular complexity index is 695. The molecule has 1 amide bonds. The first-order valence-corrected chi connectivity index (χ1v) is 8.32. The molecule has 0 aliphatic rings. The normalized spacial score (nSPS) is 10.7. The summed E-state index contributed by atoms with van der Waals surface area (Å²) in [5.74, 6) is 0.176. The van der Waals surface area contributed by atoms with Gasteiger partial charge in [0.05, 0.1) is 10.6 Å². The lowest BCUT2D eigenvalue weighted by molar-refractivity contribution is -0.114. The van der Waals surface area contributed by atoms with Crippen molar-refractivity contribution in [3.05, 3.63) is 34.7 Å². The second-order valence-corrected chi connectivity index (χ2v) is 6.82. The van der Waals surface area contributed by atoms with Gasteiger partial charge in [-0.25, -0.2) is 4.98 Å². The van der Waals surface area contributed by atoms with Gasteiger partial charge in [-0.05, 0) is 5.92 Å². The summed E-state index contributed by atoms with van der Waals surface area (Å²) >= 11 is 3.15. The molecule has 0 fully saturated rings. The number of anilines is 1. The average Bonchev–Trinajstić information content (AvgIpc) is 3.00. The Kier molecular flexibility index (Phi) is 4.75. The Morgan fingerprint density at radius 1 is 1.38 bits per heavy atom. The number of rotatable bonds is 5. The van der Waals surface area contributed by atoms with Gasteiger partial charge >= 0.3 is 0 Å². The van der Waals surface area contributed by atoms with Crippen molar-refractivity contribution < 1.29 is 4.79 Å². The van der Waals surface area contributed by atoms with E-state index in [2.05, 4.69) is 42.7 Å². The van der Waals surface area contributed by atoms with Crippen molar-refractivity contribution in [1.82, 2.24) is 4.98 Å². The van der Waals surface area contributed by atoms with Crippen molar-refractivity contribution >= 4 is 45.9 Å². The maximum absolute atomic E-state index is 11.2. The second-order valence-electron chi connectivity index (χ2n) is 4.90. The fourth-order valence-corrected chi connectivity index (χ4v) is 4.22. The minimum atomic E-state index is -0.105. The Balaban J connectivity index is 2.59. The van der Waals surface area contributed by atoms with Gasteiger partial charge in [0.2, 0.25) is 5.91 Å². The zero-order valence-corrected chi connectivity index (χ0v) is 14.0.